The third-order valence-corrected chi connectivity index (χ3v) is 1.67. The van der Waals surface area contributed by atoms with Crippen LogP contribution in [0.4, 0.5) is 0 Å². The van der Waals surface area contributed by atoms with Gasteiger partial charge in [-0.15, -0.1) is 0 Å². The zero-order valence-electron chi connectivity index (χ0n) is 8.03. The first-order valence-corrected chi connectivity index (χ1v) is 4.68. The summed E-state index contributed by atoms with van der Waals surface area (Å²) in [7, 11) is 0. The molecule has 0 amide bonds. The van der Waals surface area contributed by atoms with Gasteiger partial charge in [-0.3, -0.25) is 0 Å². The van der Waals surface area contributed by atoms with Gasteiger partial charge >= 0.3 is 0 Å². The van der Waals surface area contributed by atoms with Crippen LogP contribution in [-0.4, -0.2) is 22.4 Å². The highest BCUT2D eigenvalue weighted by Crippen LogP contribution is 2.02. The van der Waals surface area contributed by atoms with Gasteiger partial charge in [-0.05, 0) is 26.2 Å². The Morgan fingerprint density at radius 2 is 1.75 bits per heavy atom. The molecular formula is C10H20O2. The summed E-state index contributed by atoms with van der Waals surface area (Å²) in [6.07, 6.45) is 6.64. The minimum absolute atomic E-state index is 0.208. The van der Waals surface area contributed by atoms with Crippen LogP contribution in [0.2, 0.25) is 0 Å². The molecule has 2 atom stereocenters. The number of hydrogen-bond acceptors (Lipinski definition) is 2. The van der Waals surface area contributed by atoms with Crippen molar-refractivity contribution in [3.05, 3.63) is 12.2 Å². The molecule has 0 fully saturated rings. The molecule has 72 valence electrons. The average Bonchev–Trinajstić information content (AvgIpc) is 1.98. The van der Waals surface area contributed by atoms with E-state index in [1.807, 2.05) is 12.2 Å². The molecule has 0 saturated carbocycles. The molecule has 2 heteroatoms. The second kappa shape index (κ2) is 7.32. The largest absolute Gasteiger partial charge is 0.393 e. The van der Waals surface area contributed by atoms with Crippen molar-refractivity contribution < 1.29 is 10.2 Å². The summed E-state index contributed by atoms with van der Waals surface area (Å²) in [5.41, 5.74) is 0. The molecule has 0 aliphatic rings. The van der Waals surface area contributed by atoms with E-state index >= 15 is 0 Å². The number of rotatable bonds is 6. The Hall–Kier alpha value is -0.340. The van der Waals surface area contributed by atoms with Gasteiger partial charge in [-0.2, -0.15) is 0 Å². The van der Waals surface area contributed by atoms with Crippen LogP contribution >= 0.6 is 0 Å². The van der Waals surface area contributed by atoms with E-state index in [2.05, 4.69) is 6.92 Å². The summed E-state index contributed by atoms with van der Waals surface area (Å²) >= 11 is 0. The van der Waals surface area contributed by atoms with E-state index in [-0.39, 0.29) is 12.2 Å². The summed E-state index contributed by atoms with van der Waals surface area (Å²) in [5, 5.41) is 18.2. The maximum atomic E-state index is 9.30. The van der Waals surface area contributed by atoms with Gasteiger partial charge in [0.2, 0.25) is 0 Å². The molecule has 0 aliphatic carbocycles. The fraction of sp³-hybridized carbons (Fsp3) is 0.800. The molecule has 0 aromatic rings. The lowest BCUT2D eigenvalue weighted by atomic mass is 10.1. The van der Waals surface area contributed by atoms with Gasteiger partial charge in [0.05, 0.1) is 12.2 Å². The van der Waals surface area contributed by atoms with E-state index in [1.165, 1.54) is 0 Å². The average molecular weight is 172 g/mol. The molecule has 12 heavy (non-hydrogen) atoms. The van der Waals surface area contributed by atoms with E-state index in [9.17, 15) is 5.11 Å². The van der Waals surface area contributed by atoms with E-state index in [0.29, 0.717) is 12.8 Å². The fourth-order valence-corrected chi connectivity index (χ4v) is 0.998. The molecule has 0 bridgehead atoms. The number of aliphatic hydroxyl groups is 2. The lowest BCUT2D eigenvalue weighted by molar-refractivity contribution is 0.166. The summed E-state index contributed by atoms with van der Waals surface area (Å²) < 4.78 is 0. The molecule has 2 N–H and O–H groups in total. The third kappa shape index (κ3) is 7.76. The standard InChI is InChI=1S/C10H20O2/c1-3-6-10(12)8-5-4-7-9(2)11/h4-5,9-12H,3,6-8H2,1-2H3/b5-4-/t9-,10+/m1/s1. The van der Waals surface area contributed by atoms with Crippen molar-refractivity contribution in [1.29, 1.82) is 0 Å². The van der Waals surface area contributed by atoms with E-state index in [0.717, 1.165) is 12.8 Å². The highest BCUT2D eigenvalue weighted by molar-refractivity contribution is 4.85. The monoisotopic (exact) mass is 172 g/mol. The van der Waals surface area contributed by atoms with Crippen molar-refractivity contribution >= 4 is 0 Å². The Kier molecular flexibility index (Phi) is 7.11. The topological polar surface area (TPSA) is 40.5 Å². The van der Waals surface area contributed by atoms with E-state index in [1.54, 1.807) is 6.92 Å². The highest BCUT2D eigenvalue weighted by Gasteiger charge is 1.98. The van der Waals surface area contributed by atoms with Crippen LogP contribution in [0.5, 0.6) is 0 Å². The number of hydrogen-bond donors (Lipinski definition) is 2. The predicted octanol–water partition coefficient (Wildman–Crippen LogP) is 1.86. The minimum Gasteiger partial charge on any atom is -0.393 e. The first-order chi connectivity index (χ1) is 5.66. The van der Waals surface area contributed by atoms with Crippen molar-refractivity contribution in [3.63, 3.8) is 0 Å². The summed E-state index contributed by atoms with van der Waals surface area (Å²) in [6, 6.07) is 0. The van der Waals surface area contributed by atoms with Crippen molar-refractivity contribution in [2.75, 3.05) is 0 Å². The molecule has 0 unspecified atom stereocenters. The van der Waals surface area contributed by atoms with Crippen LogP contribution in [0.1, 0.15) is 39.5 Å². The van der Waals surface area contributed by atoms with Crippen molar-refractivity contribution in [3.8, 4) is 0 Å². The van der Waals surface area contributed by atoms with Crippen molar-refractivity contribution in [2.24, 2.45) is 0 Å². The molecule has 0 heterocycles. The molecule has 0 rings (SSSR count). The Morgan fingerprint density at radius 3 is 2.25 bits per heavy atom. The summed E-state index contributed by atoms with van der Waals surface area (Å²) in [4.78, 5) is 0. The Balaban J connectivity index is 3.33. The van der Waals surface area contributed by atoms with Gasteiger partial charge < -0.3 is 10.2 Å². The number of aliphatic hydroxyl groups excluding tert-OH is 2. The lowest BCUT2D eigenvalue weighted by Crippen LogP contribution is -2.03. The lowest BCUT2D eigenvalue weighted by Gasteiger charge is -2.04. The Labute approximate surface area is 74.9 Å². The van der Waals surface area contributed by atoms with E-state index in [4.69, 9.17) is 5.11 Å². The van der Waals surface area contributed by atoms with Crippen LogP contribution in [0, 0.1) is 0 Å². The summed E-state index contributed by atoms with van der Waals surface area (Å²) in [6.45, 7) is 3.82. The van der Waals surface area contributed by atoms with Gasteiger partial charge in [0.25, 0.3) is 0 Å². The fourth-order valence-electron chi connectivity index (χ4n) is 0.998. The summed E-state index contributed by atoms with van der Waals surface area (Å²) in [5.74, 6) is 0. The molecule has 0 aliphatic heterocycles. The van der Waals surface area contributed by atoms with Gasteiger partial charge in [0, 0.05) is 0 Å². The highest BCUT2D eigenvalue weighted by atomic mass is 16.3. The first kappa shape index (κ1) is 11.7. The van der Waals surface area contributed by atoms with Gasteiger partial charge in [-0.25, -0.2) is 0 Å². The Bertz CT molecular complexity index is 119. The minimum atomic E-state index is -0.274. The van der Waals surface area contributed by atoms with Crippen molar-refractivity contribution in [1.82, 2.24) is 0 Å². The second-order valence-electron chi connectivity index (χ2n) is 3.23. The van der Waals surface area contributed by atoms with E-state index < -0.39 is 0 Å². The second-order valence-corrected chi connectivity index (χ2v) is 3.23. The molecule has 0 spiro atoms. The van der Waals surface area contributed by atoms with Crippen LogP contribution < -0.4 is 0 Å². The third-order valence-electron chi connectivity index (χ3n) is 1.67. The zero-order valence-corrected chi connectivity index (χ0v) is 8.03. The molecule has 0 radical (unpaired) electrons. The molecule has 0 aromatic heterocycles. The van der Waals surface area contributed by atoms with Crippen LogP contribution in [0.25, 0.3) is 0 Å². The maximum absolute atomic E-state index is 9.30. The molecule has 0 aromatic carbocycles. The van der Waals surface area contributed by atoms with Crippen LogP contribution in [0.3, 0.4) is 0 Å². The molecule has 2 nitrogen and oxygen atoms in total. The van der Waals surface area contributed by atoms with Gasteiger partial charge in [0.1, 0.15) is 0 Å². The zero-order chi connectivity index (χ0) is 9.40. The van der Waals surface area contributed by atoms with Crippen LogP contribution in [-0.2, 0) is 0 Å². The van der Waals surface area contributed by atoms with Gasteiger partial charge in [-0.1, -0.05) is 25.5 Å². The van der Waals surface area contributed by atoms with Crippen LogP contribution in [0.15, 0.2) is 12.2 Å². The van der Waals surface area contributed by atoms with Crippen molar-refractivity contribution in [2.45, 2.75) is 51.7 Å². The SMILES string of the molecule is CCC[C@H](O)C/C=C\C[C@@H](C)O. The maximum Gasteiger partial charge on any atom is 0.0574 e. The molecule has 0 saturated heterocycles. The molecular weight excluding hydrogens is 152 g/mol. The van der Waals surface area contributed by atoms with Gasteiger partial charge in [0.15, 0.2) is 0 Å². The normalized spacial score (nSPS) is 16.7. The quantitative estimate of drug-likeness (QED) is 0.600. The first-order valence-electron chi connectivity index (χ1n) is 4.68. The smallest absolute Gasteiger partial charge is 0.0574 e. The predicted molar refractivity (Wildman–Crippen MR) is 51.0 cm³/mol. The Morgan fingerprint density at radius 1 is 1.17 bits per heavy atom.